The van der Waals surface area contributed by atoms with Crippen LogP contribution in [0.25, 0.3) is 10.8 Å². The highest BCUT2D eigenvalue weighted by Gasteiger charge is 2.39. The molecule has 4 aromatic rings. The third-order valence-corrected chi connectivity index (χ3v) is 4.81. The lowest BCUT2D eigenvalue weighted by Crippen LogP contribution is -2.34. The van der Waals surface area contributed by atoms with Crippen LogP contribution in [-0.2, 0) is 15.1 Å². The molecular weight excluding hydrogens is 332 g/mol. The van der Waals surface area contributed by atoms with Gasteiger partial charge in [-0.05, 0) is 16.8 Å². The number of esters is 1. The predicted molar refractivity (Wildman–Crippen MR) is 108 cm³/mol. The van der Waals surface area contributed by atoms with Crippen molar-refractivity contribution in [3.63, 3.8) is 0 Å². The van der Waals surface area contributed by atoms with E-state index in [2.05, 4.69) is 24.3 Å². The summed E-state index contributed by atoms with van der Waals surface area (Å²) in [6, 6.07) is 34.3. The lowest BCUT2D eigenvalue weighted by molar-refractivity contribution is -0.150. The Balaban J connectivity index is 2.05. The van der Waals surface area contributed by atoms with Gasteiger partial charge in [0.1, 0.15) is 0 Å². The average molecular weight is 352 g/mol. The maximum Gasteiger partial charge on any atom is 0.304 e. The molecular formula is C25H20O2. The molecule has 0 bridgehead atoms. The predicted octanol–water partition coefficient (Wildman–Crippen LogP) is 5.69. The highest BCUT2D eigenvalue weighted by molar-refractivity contribution is 5.84. The summed E-state index contributed by atoms with van der Waals surface area (Å²) in [5, 5.41) is 2.26. The molecule has 0 unspecified atom stereocenters. The van der Waals surface area contributed by atoms with Crippen LogP contribution in [0.2, 0.25) is 0 Å². The van der Waals surface area contributed by atoms with Gasteiger partial charge in [0.05, 0.1) is 0 Å². The number of hydrogen-bond donors (Lipinski definition) is 0. The van der Waals surface area contributed by atoms with E-state index in [0.29, 0.717) is 0 Å². The Morgan fingerprint density at radius 3 is 1.70 bits per heavy atom. The summed E-state index contributed by atoms with van der Waals surface area (Å²) in [6.45, 7) is 1.46. The van der Waals surface area contributed by atoms with Crippen LogP contribution in [0.1, 0.15) is 23.6 Å². The molecule has 0 fully saturated rings. The number of carbonyl (C=O) groups is 1. The van der Waals surface area contributed by atoms with Crippen molar-refractivity contribution in [3.8, 4) is 0 Å². The number of fused-ring (bicyclic) bond motifs is 1. The zero-order valence-electron chi connectivity index (χ0n) is 15.1. The van der Waals surface area contributed by atoms with Gasteiger partial charge in [-0.15, -0.1) is 0 Å². The second-order valence-corrected chi connectivity index (χ2v) is 6.57. The van der Waals surface area contributed by atoms with Gasteiger partial charge in [0.2, 0.25) is 0 Å². The van der Waals surface area contributed by atoms with Crippen molar-refractivity contribution < 1.29 is 9.53 Å². The monoisotopic (exact) mass is 352 g/mol. The van der Waals surface area contributed by atoms with Crippen molar-refractivity contribution in [2.24, 2.45) is 0 Å². The maximum absolute atomic E-state index is 12.2. The van der Waals surface area contributed by atoms with Gasteiger partial charge >= 0.3 is 5.97 Å². The molecule has 4 rings (SSSR count). The number of carbonyl (C=O) groups excluding carboxylic acids is 1. The molecule has 0 saturated heterocycles. The zero-order valence-corrected chi connectivity index (χ0v) is 15.1. The van der Waals surface area contributed by atoms with Crippen LogP contribution < -0.4 is 0 Å². The Kier molecular flexibility index (Phi) is 4.47. The Bertz CT molecular complexity index is 1030. The fourth-order valence-electron chi connectivity index (χ4n) is 3.65. The molecule has 0 amide bonds. The Morgan fingerprint density at radius 2 is 1.15 bits per heavy atom. The molecule has 0 radical (unpaired) electrons. The van der Waals surface area contributed by atoms with Crippen molar-refractivity contribution in [1.82, 2.24) is 0 Å². The van der Waals surface area contributed by atoms with Gasteiger partial charge in [-0.3, -0.25) is 4.79 Å². The van der Waals surface area contributed by atoms with Crippen molar-refractivity contribution >= 4 is 16.7 Å². The van der Waals surface area contributed by atoms with Gasteiger partial charge in [0.15, 0.2) is 5.60 Å². The maximum atomic E-state index is 12.2. The van der Waals surface area contributed by atoms with E-state index in [1.54, 1.807) is 0 Å². The van der Waals surface area contributed by atoms with E-state index in [9.17, 15) is 4.79 Å². The van der Waals surface area contributed by atoms with Crippen LogP contribution in [0.3, 0.4) is 0 Å². The summed E-state index contributed by atoms with van der Waals surface area (Å²) in [6.07, 6.45) is 0. The van der Waals surface area contributed by atoms with Crippen LogP contribution in [-0.4, -0.2) is 5.97 Å². The lowest BCUT2D eigenvalue weighted by Gasteiger charge is -2.35. The molecule has 0 heterocycles. The van der Waals surface area contributed by atoms with Gasteiger partial charge in [0, 0.05) is 23.6 Å². The lowest BCUT2D eigenvalue weighted by atomic mass is 9.79. The summed E-state index contributed by atoms with van der Waals surface area (Å²) < 4.78 is 6.11. The Morgan fingerprint density at radius 1 is 0.630 bits per heavy atom. The van der Waals surface area contributed by atoms with Gasteiger partial charge in [-0.2, -0.15) is 0 Å². The topological polar surface area (TPSA) is 26.3 Å². The third kappa shape index (κ3) is 3.11. The fraction of sp³-hybridized carbons (Fsp3) is 0.0800. The number of ether oxygens (including phenoxy) is 1. The van der Waals surface area contributed by atoms with E-state index in [1.807, 2.05) is 78.9 Å². The normalized spacial score (nSPS) is 11.3. The molecule has 0 saturated carbocycles. The van der Waals surface area contributed by atoms with E-state index in [1.165, 1.54) is 6.92 Å². The SMILES string of the molecule is CC(=O)OC(c1ccccc1)(c1ccccc1)c1ccc2ccccc2c1. The largest absolute Gasteiger partial charge is 0.444 e. The third-order valence-electron chi connectivity index (χ3n) is 4.81. The molecule has 0 aliphatic carbocycles. The average Bonchev–Trinajstić information content (AvgIpc) is 2.73. The first-order valence-corrected chi connectivity index (χ1v) is 9.00. The van der Waals surface area contributed by atoms with E-state index in [4.69, 9.17) is 4.74 Å². The van der Waals surface area contributed by atoms with Crippen LogP contribution in [0, 0.1) is 0 Å². The van der Waals surface area contributed by atoms with Crippen LogP contribution in [0.15, 0.2) is 103 Å². The molecule has 0 aliphatic heterocycles. The van der Waals surface area contributed by atoms with Gasteiger partial charge in [-0.1, -0.05) is 97.1 Å². The summed E-state index contributed by atoms with van der Waals surface area (Å²) >= 11 is 0. The van der Waals surface area contributed by atoms with Crippen LogP contribution in [0.4, 0.5) is 0 Å². The van der Waals surface area contributed by atoms with Crippen molar-refractivity contribution in [2.75, 3.05) is 0 Å². The highest BCUT2D eigenvalue weighted by atomic mass is 16.6. The number of rotatable bonds is 4. The molecule has 0 aromatic heterocycles. The molecule has 0 N–H and O–H groups in total. The second kappa shape index (κ2) is 7.08. The highest BCUT2D eigenvalue weighted by Crippen LogP contribution is 2.41. The summed E-state index contributed by atoms with van der Waals surface area (Å²) in [5.41, 5.74) is 1.76. The van der Waals surface area contributed by atoms with E-state index < -0.39 is 5.60 Å². The number of benzene rings is 4. The van der Waals surface area contributed by atoms with Gasteiger partial charge in [0.25, 0.3) is 0 Å². The minimum atomic E-state index is -1.00. The second-order valence-electron chi connectivity index (χ2n) is 6.57. The molecule has 2 nitrogen and oxygen atoms in total. The number of hydrogen-bond acceptors (Lipinski definition) is 2. The van der Waals surface area contributed by atoms with E-state index >= 15 is 0 Å². The minimum Gasteiger partial charge on any atom is -0.444 e. The molecule has 0 aliphatic rings. The first kappa shape index (κ1) is 17.0. The molecule has 27 heavy (non-hydrogen) atoms. The van der Waals surface area contributed by atoms with E-state index in [0.717, 1.165) is 27.5 Å². The zero-order chi connectivity index (χ0) is 18.7. The Hall–Kier alpha value is -3.39. The van der Waals surface area contributed by atoms with Crippen LogP contribution >= 0.6 is 0 Å². The molecule has 132 valence electrons. The first-order valence-electron chi connectivity index (χ1n) is 9.00. The molecule has 0 atom stereocenters. The summed E-state index contributed by atoms with van der Waals surface area (Å²) in [7, 11) is 0. The molecule has 0 spiro atoms. The first-order chi connectivity index (χ1) is 13.2. The molecule has 2 heteroatoms. The van der Waals surface area contributed by atoms with E-state index in [-0.39, 0.29) is 5.97 Å². The Labute approximate surface area is 159 Å². The van der Waals surface area contributed by atoms with Crippen molar-refractivity contribution in [2.45, 2.75) is 12.5 Å². The van der Waals surface area contributed by atoms with Crippen LogP contribution in [0.5, 0.6) is 0 Å². The van der Waals surface area contributed by atoms with Crippen molar-refractivity contribution in [3.05, 3.63) is 120 Å². The summed E-state index contributed by atoms with van der Waals surface area (Å²) in [4.78, 5) is 12.2. The standard InChI is InChI=1S/C25H20O2/c1-19(26)27-25(22-12-4-2-5-13-22,23-14-6-3-7-15-23)24-17-16-20-10-8-9-11-21(20)18-24/h2-18H,1H3. The fourth-order valence-corrected chi connectivity index (χ4v) is 3.65. The molecule has 4 aromatic carbocycles. The van der Waals surface area contributed by atoms with Gasteiger partial charge < -0.3 is 4.74 Å². The quantitative estimate of drug-likeness (QED) is 0.348. The van der Waals surface area contributed by atoms with Gasteiger partial charge in [-0.25, -0.2) is 0 Å². The smallest absolute Gasteiger partial charge is 0.304 e. The van der Waals surface area contributed by atoms with Crippen molar-refractivity contribution in [1.29, 1.82) is 0 Å². The minimum absolute atomic E-state index is 0.323. The summed E-state index contributed by atoms with van der Waals surface area (Å²) in [5.74, 6) is -0.323.